The van der Waals surface area contributed by atoms with Crippen molar-refractivity contribution in [3.8, 4) is 0 Å². The zero-order valence-corrected chi connectivity index (χ0v) is 56.4. The van der Waals surface area contributed by atoms with Gasteiger partial charge in [-0.3, -0.25) is 53.5 Å². The van der Waals surface area contributed by atoms with Crippen molar-refractivity contribution in [2.45, 2.75) is 188 Å². The molecule has 0 saturated carbocycles. The minimum atomic E-state index is -1.61. The molecule has 7 heterocycles. The summed E-state index contributed by atoms with van der Waals surface area (Å²) in [4.78, 5) is 112. The Kier molecular flexibility index (Phi) is 24.2. The number of carbonyl (C=O) groups is 8. The van der Waals surface area contributed by atoms with E-state index in [1.807, 2.05) is 95.3 Å². The number of ether oxygens (including phenoxy) is 5. The number of aliphatic hydroxyl groups excluding tert-OH is 1. The average Bonchev–Trinajstić information content (AvgIpc) is 1.06. The van der Waals surface area contributed by atoms with E-state index in [1.165, 1.54) is 10.0 Å². The maximum atomic E-state index is 13.8. The van der Waals surface area contributed by atoms with Gasteiger partial charge < -0.3 is 55.2 Å². The summed E-state index contributed by atoms with van der Waals surface area (Å²) < 4.78 is 29.6. The number of hydrogen-bond donors (Lipinski definition) is 8. The van der Waals surface area contributed by atoms with Crippen LogP contribution in [0.15, 0.2) is 71.2 Å². The lowest BCUT2D eigenvalue weighted by Gasteiger charge is -2.41. The Labute approximate surface area is 545 Å². The Morgan fingerprint density at radius 2 is 1.39 bits per heavy atom. The number of halogens is 1. The van der Waals surface area contributed by atoms with Crippen molar-refractivity contribution in [2.24, 2.45) is 17.3 Å². The van der Waals surface area contributed by atoms with Crippen molar-refractivity contribution in [1.29, 1.82) is 0 Å². The van der Waals surface area contributed by atoms with Gasteiger partial charge in [-0.05, 0) is 141 Å². The Morgan fingerprint density at radius 1 is 0.750 bits per heavy atom. The molecule has 9 atom stereocenters. The standard InChI is InChI=1S/C33H43N5O7.C24H32BrN5O4.C9H16O4/c1-19(2)27-29(40)35-21(4)30(41)38-15-7-8-25(37-38)28(39)34-20(3)24-12-11-23-10-9-22(16-26(23)36-24)13-14-33(31(42)45-27)18-43-32(5,6)17-44-33;1-13(2)21(31)23(33)27-15(4)24(34)30-11-5-6-19(29-30)22(32)26-14(3)18-10-8-16-7-9-17(25)12-20(16)28-18;1-4-9(7(10)11)5-12-8(2,3)13-6-9/h9-14,16,19-21,25,27,37H,7-8,15,17-18H2,1-6H3,(H,34,39)(H,35,40);7-10,12-15,19,21,29,31H,5-6,11H2,1-4H3,(H,26,32)(H,27,33);4-6H2,1-3H3,(H,10,11)/b14-13+;;/t20-,21+,25+,27+,33?;14-,15+,19+,21+;/m11./s1. The summed E-state index contributed by atoms with van der Waals surface area (Å²) in [5, 5.41) is 34.8. The molecule has 8 N–H and O–H groups in total. The van der Waals surface area contributed by atoms with Gasteiger partial charge in [0.2, 0.25) is 23.3 Å². The highest BCUT2D eigenvalue weighted by Gasteiger charge is 2.48. The maximum absolute atomic E-state index is 13.8. The number of pyridine rings is 2. The lowest BCUT2D eigenvalue weighted by atomic mass is 9.86. The van der Waals surface area contributed by atoms with E-state index in [2.05, 4.69) is 53.0 Å². The van der Waals surface area contributed by atoms with E-state index >= 15 is 0 Å². The molecule has 0 aliphatic carbocycles. The van der Waals surface area contributed by atoms with Gasteiger partial charge in [0.05, 0.1) is 66.5 Å². The molecule has 25 nitrogen and oxygen atoms in total. The van der Waals surface area contributed by atoms with Gasteiger partial charge in [0.1, 0.15) is 35.7 Å². The third-order valence-corrected chi connectivity index (χ3v) is 17.3. The molecule has 4 saturated heterocycles. The zero-order chi connectivity index (χ0) is 67.6. The van der Waals surface area contributed by atoms with E-state index in [4.69, 9.17) is 33.8 Å². The first kappa shape index (κ1) is 72.4. The Hall–Kier alpha value is -7.04. The van der Waals surface area contributed by atoms with Crippen molar-refractivity contribution in [3.63, 3.8) is 0 Å². The van der Waals surface area contributed by atoms with Crippen LogP contribution in [0.4, 0.5) is 0 Å². The average molecular weight is 1340 g/mol. The Morgan fingerprint density at radius 3 is 2.03 bits per heavy atom. The number of esters is 1. The second kappa shape index (κ2) is 30.8. The Bertz CT molecular complexity index is 3360. The predicted octanol–water partition coefficient (Wildman–Crippen LogP) is 6.01. The number of nitrogens with one attached hydrogen (secondary N) is 6. The number of nitrogens with zero attached hydrogens (tertiary/aromatic N) is 4. The number of carboxylic acids is 1. The van der Waals surface area contributed by atoms with Crippen molar-refractivity contribution >= 4 is 91.2 Å². The molecule has 5 aliphatic heterocycles. The smallest absolute Gasteiger partial charge is 0.345 e. The second-order valence-corrected chi connectivity index (χ2v) is 27.0. The van der Waals surface area contributed by atoms with Gasteiger partial charge in [-0.1, -0.05) is 87.0 Å². The number of benzene rings is 2. The molecule has 9 rings (SSSR count). The zero-order valence-electron chi connectivity index (χ0n) is 54.8. The molecule has 1 spiro atoms. The van der Waals surface area contributed by atoms with Crippen LogP contribution in [0.25, 0.3) is 27.9 Å². The Balaban J connectivity index is 0.000000224. The van der Waals surface area contributed by atoms with Crippen molar-refractivity contribution in [1.82, 2.24) is 52.1 Å². The number of rotatable bonds is 10. The minimum Gasteiger partial charge on any atom is -0.481 e. The predicted molar refractivity (Wildman–Crippen MR) is 345 cm³/mol. The summed E-state index contributed by atoms with van der Waals surface area (Å²) in [5.74, 6) is -5.39. The highest BCUT2D eigenvalue weighted by molar-refractivity contribution is 9.10. The molecule has 2 aromatic carbocycles. The number of amides is 6. The van der Waals surface area contributed by atoms with E-state index in [9.17, 15) is 43.5 Å². The molecule has 0 radical (unpaired) electrons. The van der Waals surface area contributed by atoms with Crippen LogP contribution in [0.3, 0.4) is 0 Å². The molecule has 4 fully saturated rings. The summed E-state index contributed by atoms with van der Waals surface area (Å²) in [7, 11) is 0. The third-order valence-electron chi connectivity index (χ3n) is 16.8. The molecule has 6 amide bonds. The van der Waals surface area contributed by atoms with Gasteiger partial charge in [-0.2, -0.15) is 0 Å². The molecular formula is C66H91BrN10O15. The summed E-state index contributed by atoms with van der Waals surface area (Å²) in [6.07, 6.45) is 3.84. The number of fused-ring (bicyclic) bond motifs is 5. The normalized spacial score (nSPS) is 25.6. The van der Waals surface area contributed by atoms with Crippen LogP contribution in [0, 0.1) is 17.3 Å². The summed E-state index contributed by atoms with van der Waals surface area (Å²) >= 11 is 3.45. The van der Waals surface area contributed by atoms with Crippen LogP contribution in [-0.4, -0.2) is 170 Å². The number of aromatic nitrogens is 2. The van der Waals surface area contributed by atoms with Crippen LogP contribution in [0.2, 0.25) is 0 Å². The van der Waals surface area contributed by atoms with Crippen molar-refractivity contribution < 1.29 is 72.3 Å². The van der Waals surface area contributed by atoms with Gasteiger partial charge >= 0.3 is 11.9 Å². The number of aliphatic hydroxyl groups is 1. The molecule has 1 unspecified atom stereocenters. The van der Waals surface area contributed by atoms with Gasteiger partial charge in [0, 0.05) is 28.3 Å². The highest BCUT2D eigenvalue weighted by atomic mass is 79.9. The molecule has 5 aliphatic rings. The highest BCUT2D eigenvalue weighted by Crippen LogP contribution is 2.34. The van der Waals surface area contributed by atoms with Gasteiger partial charge in [-0.25, -0.2) is 15.6 Å². The monoisotopic (exact) mass is 1340 g/mol. The fourth-order valence-electron chi connectivity index (χ4n) is 10.5. The molecule has 26 heteroatoms. The number of hydrogen-bond acceptors (Lipinski definition) is 18. The van der Waals surface area contributed by atoms with E-state index in [0.29, 0.717) is 56.4 Å². The van der Waals surface area contributed by atoms with E-state index in [-0.39, 0.29) is 56.1 Å². The fraction of sp³-hybridized carbons (Fsp3) is 0.576. The first-order chi connectivity index (χ1) is 43.2. The quantitative estimate of drug-likeness (QED) is 0.0842. The number of hydrazine groups is 2. The lowest BCUT2D eigenvalue weighted by Crippen LogP contribution is -2.61. The summed E-state index contributed by atoms with van der Waals surface area (Å²) in [6.45, 7) is 24.2. The first-order valence-corrected chi connectivity index (χ1v) is 32.3. The van der Waals surface area contributed by atoms with Crippen LogP contribution in [-0.2, 0) is 62.0 Å². The van der Waals surface area contributed by atoms with Crippen molar-refractivity contribution in [2.75, 3.05) is 39.5 Å². The number of aliphatic carboxylic acids is 1. The molecule has 5 bridgehead atoms. The maximum Gasteiger partial charge on any atom is 0.345 e. The third kappa shape index (κ3) is 18.4. The SMILES string of the molecule is CC(C)[C@@H]1OC(=O)C2(/C=C/c3ccc4ccc(nc4c3)[C@@H](C)NC(=O)[C@@H]3CCCN(N3)C(=O)[C@H](C)NC1=O)COC(C)(C)CO2.CC(C)[C@H](O)C(=O)N[C@@H](C)C(=O)N1CCC[C@@H](C(=O)N[C@H](C)c2ccc3ccc(Br)cc3n2)N1.CCC1(C(=O)O)COC(C)(C)OC1. The molecule has 2 aromatic heterocycles. The molecule has 92 heavy (non-hydrogen) atoms. The van der Waals surface area contributed by atoms with E-state index in [1.54, 1.807) is 67.5 Å². The van der Waals surface area contributed by atoms with Gasteiger partial charge in [-0.15, -0.1) is 0 Å². The largest absolute Gasteiger partial charge is 0.481 e. The van der Waals surface area contributed by atoms with Crippen LogP contribution in [0.5, 0.6) is 0 Å². The first-order valence-electron chi connectivity index (χ1n) is 31.5. The van der Waals surface area contributed by atoms with Crippen LogP contribution < -0.4 is 32.1 Å². The van der Waals surface area contributed by atoms with Crippen LogP contribution in [0.1, 0.15) is 151 Å². The molecule has 502 valence electrons. The van der Waals surface area contributed by atoms with Crippen molar-refractivity contribution in [3.05, 3.63) is 88.2 Å². The van der Waals surface area contributed by atoms with E-state index in [0.717, 1.165) is 32.0 Å². The lowest BCUT2D eigenvalue weighted by molar-refractivity contribution is -0.283. The molecule has 4 aromatic rings. The minimum absolute atomic E-state index is 0.118. The van der Waals surface area contributed by atoms with Crippen LogP contribution >= 0.6 is 15.9 Å². The number of carbonyl (C=O) groups excluding carboxylic acids is 7. The fourth-order valence-corrected chi connectivity index (χ4v) is 10.8. The second-order valence-electron chi connectivity index (χ2n) is 26.0. The molecular weight excluding hydrogens is 1250 g/mol. The van der Waals surface area contributed by atoms with Gasteiger partial charge in [0.15, 0.2) is 11.9 Å². The topological polar surface area (TPSA) is 328 Å². The van der Waals surface area contributed by atoms with E-state index < -0.39 is 100 Å². The number of cyclic esters (lactones) is 1. The summed E-state index contributed by atoms with van der Waals surface area (Å²) in [6, 6.07) is 15.5. The number of carboxylic acid groups (broad SMARTS) is 1. The summed E-state index contributed by atoms with van der Waals surface area (Å²) in [5.41, 5.74) is 6.63. The van der Waals surface area contributed by atoms with Gasteiger partial charge in [0.25, 0.3) is 17.7 Å².